The highest BCUT2D eigenvalue weighted by Crippen LogP contribution is 2.37. The number of nitrogens with zero attached hydrogens (tertiary/aromatic N) is 2. The highest BCUT2D eigenvalue weighted by molar-refractivity contribution is 6.02. The van der Waals surface area contributed by atoms with Gasteiger partial charge in [-0.2, -0.15) is 4.98 Å². The van der Waals surface area contributed by atoms with E-state index >= 15 is 0 Å². The molecule has 6 nitrogen and oxygen atoms in total. The third kappa shape index (κ3) is 2.89. The third-order valence-electron chi connectivity index (χ3n) is 3.95. The van der Waals surface area contributed by atoms with Crippen LogP contribution in [0.4, 0.5) is 5.69 Å². The van der Waals surface area contributed by atoms with E-state index in [4.69, 9.17) is 9.47 Å². The highest BCUT2D eigenvalue weighted by atomic mass is 16.5. The lowest BCUT2D eigenvalue weighted by Crippen LogP contribution is -2.03. The summed E-state index contributed by atoms with van der Waals surface area (Å²) in [6.07, 6.45) is 1.99. The number of carbonyl (C=O) groups is 1. The number of benzene rings is 2. The Balaban J connectivity index is 1.72. The zero-order chi connectivity index (χ0) is 17.2. The summed E-state index contributed by atoms with van der Waals surface area (Å²) in [6, 6.07) is 15.2. The van der Waals surface area contributed by atoms with Gasteiger partial charge in [-0.25, -0.2) is 4.98 Å². The molecular weight excluding hydrogens is 318 g/mol. The first-order valence-corrected chi connectivity index (χ1v) is 7.80. The Kier molecular flexibility index (Phi) is 3.78. The quantitative estimate of drug-likeness (QED) is 0.792. The van der Waals surface area contributed by atoms with Crippen molar-refractivity contribution in [3.05, 3.63) is 60.3 Å². The number of aromatic nitrogens is 2. The van der Waals surface area contributed by atoms with Crippen molar-refractivity contribution in [2.24, 2.45) is 0 Å². The van der Waals surface area contributed by atoms with Crippen LogP contribution in [0.2, 0.25) is 0 Å². The molecule has 1 aromatic heterocycles. The molecule has 6 heteroatoms. The molecule has 3 aromatic rings. The normalized spacial score (nSPS) is 12.4. The second kappa shape index (κ2) is 6.24. The van der Waals surface area contributed by atoms with Crippen LogP contribution in [0.15, 0.2) is 54.7 Å². The number of ether oxygens (including phenoxy) is 2. The Bertz CT molecular complexity index is 942. The van der Waals surface area contributed by atoms with Crippen LogP contribution in [0.3, 0.4) is 0 Å². The number of methoxy groups -OCH3 is 1. The molecule has 2 heterocycles. The Hall–Kier alpha value is -3.41. The summed E-state index contributed by atoms with van der Waals surface area (Å²) in [4.78, 5) is 20.3. The van der Waals surface area contributed by atoms with E-state index in [0.717, 1.165) is 22.4 Å². The Morgan fingerprint density at radius 1 is 1.04 bits per heavy atom. The number of para-hydroxylation sites is 1. The average molecular weight is 333 g/mol. The van der Waals surface area contributed by atoms with Gasteiger partial charge in [-0.3, -0.25) is 4.79 Å². The zero-order valence-electron chi connectivity index (χ0n) is 13.5. The maximum absolute atomic E-state index is 11.7. The van der Waals surface area contributed by atoms with Gasteiger partial charge in [0.05, 0.1) is 19.1 Å². The Morgan fingerprint density at radius 3 is 2.68 bits per heavy atom. The monoisotopic (exact) mass is 333 g/mol. The lowest BCUT2D eigenvalue weighted by atomic mass is 9.99. The summed E-state index contributed by atoms with van der Waals surface area (Å²) in [6.45, 7) is 0. The standard InChI is InChI=1S/C19H15N3O3/c1-24-18-15(13-8-5-9-16-14(13)10-17(23)21-16)11-20-19(22-18)25-12-6-3-2-4-7-12/h2-9,11H,10H2,1H3,(H,21,23). The van der Waals surface area contributed by atoms with Crippen molar-refractivity contribution in [3.8, 4) is 28.8 Å². The van der Waals surface area contributed by atoms with Gasteiger partial charge < -0.3 is 14.8 Å². The van der Waals surface area contributed by atoms with Crippen molar-refractivity contribution in [3.63, 3.8) is 0 Å². The van der Waals surface area contributed by atoms with Crippen molar-refractivity contribution < 1.29 is 14.3 Å². The Morgan fingerprint density at radius 2 is 1.88 bits per heavy atom. The van der Waals surface area contributed by atoms with Gasteiger partial charge in [0.15, 0.2) is 0 Å². The summed E-state index contributed by atoms with van der Waals surface area (Å²) in [5, 5.41) is 2.84. The molecule has 0 saturated carbocycles. The van der Waals surface area contributed by atoms with Crippen LogP contribution in [0.5, 0.6) is 17.6 Å². The molecule has 124 valence electrons. The molecule has 0 bridgehead atoms. The summed E-state index contributed by atoms with van der Waals surface area (Å²) < 4.78 is 11.1. The topological polar surface area (TPSA) is 73.3 Å². The molecule has 1 aliphatic rings. The number of hydrogen-bond donors (Lipinski definition) is 1. The molecule has 2 aromatic carbocycles. The van der Waals surface area contributed by atoms with Crippen LogP contribution in [0.1, 0.15) is 5.56 Å². The van der Waals surface area contributed by atoms with E-state index in [1.54, 1.807) is 13.3 Å². The van der Waals surface area contributed by atoms with Crippen molar-refractivity contribution >= 4 is 11.6 Å². The molecule has 4 rings (SSSR count). The van der Waals surface area contributed by atoms with Crippen molar-refractivity contribution in [1.29, 1.82) is 0 Å². The fourth-order valence-electron chi connectivity index (χ4n) is 2.84. The lowest BCUT2D eigenvalue weighted by molar-refractivity contribution is -0.115. The summed E-state index contributed by atoms with van der Waals surface area (Å²) >= 11 is 0. The second-order valence-electron chi connectivity index (χ2n) is 5.55. The first kappa shape index (κ1) is 15.1. The minimum Gasteiger partial charge on any atom is -0.480 e. The number of fused-ring (bicyclic) bond motifs is 1. The largest absolute Gasteiger partial charge is 0.480 e. The SMILES string of the molecule is COc1nc(Oc2ccccc2)ncc1-c1cccc2c1CC(=O)N2. The smallest absolute Gasteiger partial charge is 0.325 e. The summed E-state index contributed by atoms with van der Waals surface area (Å²) in [7, 11) is 1.55. The van der Waals surface area contributed by atoms with Crippen molar-refractivity contribution in [2.75, 3.05) is 12.4 Å². The summed E-state index contributed by atoms with van der Waals surface area (Å²) in [5.74, 6) is 1.02. The van der Waals surface area contributed by atoms with Gasteiger partial charge in [0, 0.05) is 11.9 Å². The van der Waals surface area contributed by atoms with Crippen LogP contribution >= 0.6 is 0 Å². The Labute approximate surface area is 144 Å². The van der Waals surface area contributed by atoms with Gasteiger partial charge >= 0.3 is 6.01 Å². The van der Waals surface area contributed by atoms with Crippen LogP contribution in [-0.4, -0.2) is 23.0 Å². The number of anilines is 1. The maximum atomic E-state index is 11.7. The predicted molar refractivity (Wildman–Crippen MR) is 92.9 cm³/mol. The lowest BCUT2D eigenvalue weighted by Gasteiger charge is -2.12. The third-order valence-corrected chi connectivity index (χ3v) is 3.95. The van der Waals surface area contributed by atoms with Crippen LogP contribution in [0, 0.1) is 0 Å². The molecule has 0 fully saturated rings. The molecule has 25 heavy (non-hydrogen) atoms. The van der Waals surface area contributed by atoms with E-state index in [2.05, 4.69) is 15.3 Å². The van der Waals surface area contributed by atoms with Gasteiger partial charge in [-0.05, 0) is 29.3 Å². The fourth-order valence-corrected chi connectivity index (χ4v) is 2.84. The molecule has 0 saturated heterocycles. The van der Waals surface area contributed by atoms with Crippen molar-refractivity contribution in [1.82, 2.24) is 9.97 Å². The molecule has 0 atom stereocenters. The van der Waals surface area contributed by atoms with E-state index in [1.807, 2.05) is 48.5 Å². The van der Waals surface area contributed by atoms with E-state index in [1.165, 1.54) is 0 Å². The van der Waals surface area contributed by atoms with E-state index in [9.17, 15) is 4.79 Å². The maximum Gasteiger partial charge on any atom is 0.325 e. The molecule has 0 unspecified atom stereocenters. The molecule has 1 N–H and O–H groups in total. The first-order chi connectivity index (χ1) is 12.2. The van der Waals surface area contributed by atoms with Crippen LogP contribution in [0.25, 0.3) is 11.1 Å². The molecule has 1 aliphatic heterocycles. The van der Waals surface area contributed by atoms with Crippen LogP contribution < -0.4 is 14.8 Å². The second-order valence-corrected chi connectivity index (χ2v) is 5.55. The van der Waals surface area contributed by atoms with Gasteiger partial charge in [-0.1, -0.05) is 30.3 Å². The number of rotatable bonds is 4. The highest BCUT2D eigenvalue weighted by Gasteiger charge is 2.23. The number of nitrogens with one attached hydrogen (secondary N) is 1. The van der Waals surface area contributed by atoms with Gasteiger partial charge in [0.25, 0.3) is 0 Å². The fraction of sp³-hybridized carbons (Fsp3) is 0.105. The number of carbonyl (C=O) groups excluding carboxylic acids is 1. The molecular formula is C19H15N3O3. The predicted octanol–water partition coefficient (Wildman–Crippen LogP) is 3.44. The number of hydrogen-bond acceptors (Lipinski definition) is 5. The first-order valence-electron chi connectivity index (χ1n) is 7.80. The van der Waals surface area contributed by atoms with Gasteiger partial charge in [0.1, 0.15) is 5.75 Å². The number of amides is 1. The van der Waals surface area contributed by atoms with Gasteiger partial charge in [0.2, 0.25) is 11.8 Å². The molecule has 1 amide bonds. The average Bonchev–Trinajstić information content (AvgIpc) is 3.03. The van der Waals surface area contributed by atoms with E-state index in [0.29, 0.717) is 18.1 Å². The minimum absolute atomic E-state index is 0.0219. The zero-order valence-corrected chi connectivity index (χ0v) is 13.5. The van der Waals surface area contributed by atoms with Crippen LogP contribution in [-0.2, 0) is 11.2 Å². The summed E-state index contributed by atoms with van der Waals surface area (Å²) in [5.41, 5.74) is 3.33. The molecule has 0 spiro atoms. The molecule has 0 radical (unpaired) electrons. The van der Waals surface area contributed by atoms with Gasteiger partial charge in [-0.15, -0.1) is 0 Å². The van der Waals surface area contributed by atoms with E-state index < -0.39 is 0 Å². The van der Waals surface area contributed by atoms with Crippen molar-refractivity contribution in [2.45, 2.75) is 6.42 Å². The van der Waals surface area contributed by atoms with E-state index in [-0.39, 0.29) is 11.9 Å². The molecule has 0 aliphatic carbocycles. The minimum atomic E-state index is -0.0219.